The molecule has 0 saturated carbocycles. The standard InChI is InChI=1S/C24H29N5O3S/c1-31-15-14-28-10-12-29(13-11-28)19-8-6-18(7-9-19)26-24-27-23(25)22(33-24)21(30)17-4-3-5-20(16-17)32-2/h3-9,16H,10-15,25H2,1-2H3,(H,26,27). The van der Waals surface area contributed by atoms with E-state index in [4.69, 9.17) is 15.2 Å². The molecule has 2 heterocycles. The molecule has 1 aliphatic rings. The van der Waals surface area contributed by atoms with Gasteiger partial charge >= 0.3 is 0 Å². The number of ether oxygens (including phenoxy) is 2. The van der Waals surface area contributed by atoms with Gasteiger partial charge in [0.25, 0.3) is 0 Å². The van der Waals surface area contributed by atoms with Crippen LogP contribution >= 0.6 is 11.3 Å². The van der Waals surface area contributed by atoms with Crippen LogP contribution in [0.25, 0.3) is 0 Å². The first-order valence-electron chi connectivity index (χ1n) is 10.9. The number of carbonyl (C=O) groups excluding carboxylic acids is 1. The third-order valence-electron chi connectivity index (χ3n) is 5.66. The summed E-state index contributed by atoms with van der Waals surface area (Å²) >= 11 is 1.25. The smallest absolute Gasteiger partial charge is 0.206 e. The third kappa shape index (κ3) is 5.62. The van der Waals surface area contributed by atoms with Gasteiger partial charge in [0, 0.05) is 56.8 Å². The number of benzene rings is 2. The fourth-order valence-corrected chi connectivity index (χ4v) is 4.64. The molecule has 2 aromatic carbocycles. The van der Waals surface area contributed by atoms with Gasteiger partial charge in [0.2, 0.25) is 5.78 Å². The van der Waals surface area contributed by atoms with Crippen LogP contribution in [0, 0.1) is 0 Å². The molecule has 3 N–H and O–H groups in total. The molecular weight excluding hydrogens is 438 g/mol. The Morgan fingerprint density at radius 1 is 1.12 bits per heavy atom. The van der Waals surface area contributed by atoms with E-state index in [1.807, 2.05) is 12.1 Å². The number of ketones is 1. The molecule has 1 saturated heterocycles. The second-order valence-corrected chi connectivity index (χ2v) is 8.79. The predicted molar refractivity (Wildman–Crippen MR) is 133 cm³/mol. The van der Waals surface area contributed by atoms with Crippen LogP contribution in [0.15, 0.2) is 48.5 Å². The van der Waals surface area contributed by atoms with E-state index < -0.39 is 0 Å². The minimum atomic E-state index is -0.170. The van der Waals surface area contributed by atoms with Gasteiger partial charge in [-0.25, -0.2) is 4.98 Å². The fourth-order valence-electron chi connectivity index (χ4n) is 3.77. The molecule has 1 fully saturated rings. The van der Waals surface area contributed by atoms with E-state index in [1.165, 1.54) is 17.0 Å². The lowest BCUT2D eigenvalue weighted by atomic mass is 10.1. The zero-order chi connectivity index (χ0) is 23.2. The number of hydrogen-bond donors (Lipinski definition) is 2. The Labute approximate surface area is 197 Å². The molecule has 1 aliphatic heterocycles. The molecule has 174 valence electrons. The van der Waals surface area contributed by atoms with Gasteiger partial charge in [-0.05, 0) is 36.4 Å². The number of nitrogen functional groups attached to an aromatic ring is 1. The summed E-state index contributed by atoms with van der Waals surface area (Å²) in [6, 6.07) is 15.3. The van der Waals surface area contributed by atoms with E-state index >= 15 is 0 Å². The van der Waals surface area contributed by atoms with Gasteiger partial charge in [0.05, 0.1) is 13.7 Å². The number of hydrogen-bond acceptors (Lipinski definition) is 9. The summed E-state index contributed by atoms with van der Waals surface area (Å²) in [7, 11) is 3.31. The first-order chi connectivity index (χ1) is 16.1. The number of methoxy groups -OCH3 is 2. The van der Waals surface area contributed by atoms with Crippen molar-refractivity contribution in [3.8, 4) is 5.75 Å². The normalized spacial score (nSPS) is 14.3. The summed E-state index contributed by atoms with van der Waals surface area (Å²) in [6.07, 6.45) is 0. The molecule has 0 amide bonds. The van der Waals surface area contributed by atoms with Crippen LogP contribution < -0.4 is 20.7 Å². The average Bonchev–Trinajstić information content (AvgIpc) is 3.22. The van der Waals surface area contributed by atoms with Crippen LogP contribution in [0.2, 0.25) is 0 Å². The topological polar surface area (TPSA) is 93.0 Å². The van der Waals surface area contributed by atoms with Crippen molar-refractivity contribution in [3.63, 3.8) is 0 Å². The van der Waals surface area contributed by atoms with Crippen molar-refractivity contribution >= 4 is 39.4 Å². The Kier molecular flexibility index (Phi) is 7.43. The highest BCUT2D eigenvalue weighted by atomic mass is 32.1. The maximum absolute atomic E-state index is 12.9. The Hall–Kier alpha value is -3.14. The summed E-state index contributed by atoms with van der Waals surface area (Å²) in [5, 5.41) is 3.85. The molecule has 9 heteroatoms. The number of nitrogens with two attached hydrogens (primary N) is 1. The quantitative estimate of drug-likeness (QED) is 0.462. The van der Waals surface area contributed by atoms with Crippen LogP contribution in [-0.2, 0) is 4.74 Å². The lowest BCUT2D eigenvalue weighted by molar-refractivity contribution is 0.104. The minimum Gasteiger partial charge on any atom is -0.497 e. The van der Waals surface area contributed by atoms with Crippen molar-refractivity contribution in [3.05, 3.63) is 59.0 Å². The highest BCUT2D eigenvalue weighted by molar-refractivity contribution is 7.18. The molecule has 0 unspecified atom stereocenters. The number of rotatable bonds is 9. The van der Waals surface area contributed by atoms with Crippen molar-refractivity contribution < 1.29 is 14.3 Å². The van der Waals surface area contributed by atoms with E-state index in [1.54, 1.807) is 38.5 Å². The molecule has 33 heavy (non-hydrogen) atoms. The summed E-state index contributed by atoms with van der Waals surface area (Å²) in [4.78, 5) is 22.5. The van der Waals surface area contributed by atoms with E-state index in [-0.39, 0.29) is 11.6 Å². The number of anilines is 4. The minimum absolute atomic E-state index is 0.170. The highest BCUT2D eigenvalue weighted by Crippen LogP contribution is 2.31. The molecule has 1 aromatic heterocycles. The SMILES string of the molecule is COCCN1CCN(c2ccc(Nc3nc(N)c(C(=O)c4cccc(OC)c4)s3)cc2)CC1. The first kappa shape index (κ1) is 23.0. The van der Waals surface area contributed by atoms with Crippen molar-refractivity contribution in [2.24, 2.45) is 0 Å². The Morgan fingerprint density at radius 2 is 1.88 bits per heavy atom. The summed E-state index contributed by atoms with van der Waals surface area (Å²) < 4.78 is 10.4. The van der Waals surface area contributed by atoms with Gasteiger partial charge < -0.3 is 25.4 Å². The first-order valence-corrected chi connectivity index (χ1v) is 11.7. The lowest BCUT2D eigenvalue weighted by Gasteiger charge is -2.36. The van der Waals surface area contributed by atoms with Gasteiger partial charge in [0.15, 0.2) is 5.13 Å². The predicted octanol–water partition coefficient (Wildman–Crippen LogP) is 3.48. The molecule has 4 rings (SSSR count). The number of thiazole rings is 1. The molecule has 0 radical (unpaired) electrons. The molecule has 0 aliphatic carbocycles. The molecule has 0 atom stereocenters. The zero-order valence-corrected chi connectivity index (χ0v) is 19.7. The van der Waals surface area contributed by atoms with Gasteiger partial charge in [-0.3, -0.25) is 9.69 Å². The van der Waals surface area contributed by atoms with E-state index in [0.29, 0.717) is 21.3 Å². The van der Waals surface area contributed by atoms with Crippen LogP contribution in [0.1, 0.15) is 15.2 Å². The third-order valence-corrected chi connectivity index (χ3v) is 6.64. The van der Waals surface area contributed by atoms with Crippen LogP contribution in [0.4, 0.5) is 22.3 Å². The van der Waals surface area contributed by atoms with Crippen molar-refractivity contribution in [2.75, 3.05) is 69.5 Å². The molecule has 0 spiro atoms. The maximum atomic E-state index is 12.9. The summed E-state index contributed by atoms with van der Waals surface area (Å²) in [5.41, 5.74) is 8.66. The van der Waals surface area contributed by atoms with Crippen LogP contribution in [-0.4, -0.2) is 69.2 Å². The van der Waals surface area contributed by atoms with Crippen LogP contribution in [0.5, 0.6) is 5.75 Å². The van der Waals surface area contributed by atoms with Crippen molar-refractivity contribution in [1.29, 1.82) is 0 Å². The molecule has 3 aromatic rings. The van der Waals surface area contributed by atoms with Gasteiger partial charge in [0.1, 0.15) is 16.4 Å². The van der Waals surface area contributed by atoms with Gasteiger partial charge in [-0.1, -0.05) is 23.5 Å². The van der Waals surface area contributed by atoms with Gasteiger partial charge in [-0.15, -0.1) is 0 Å². The lowest BCUT2D eigenvalue weighted by Crippen LogP contribution is -2.47. The molecule has 8 nitrogen and oxygen atoms in total. The summed E-state index contributed by atoms with van der Waals surface area (Å²) in [5.74, 6) is 0.675. The Bertz CT molecular complexity index is 1080. The number of piperazine rings is 1. The Balaban J connectivity index is 1.38. The Morgan fingerprint density at radius 3 is 2.58 bits per heavy atom. The largest absolute Gasteiger partial charge is 0.497 e. The summed E-state index contributed by atoms with van der Waals surface area (Å²) in [6.45, 7) is 5.81. The van der Waals surface area contributed by atoms with Gasteiger partial charge in [-0.2, -0.15) is 0 Å². The zero-order valence-electron chi connectivity index (χ0n) is 18.9. The highest BCUT2D eigenvalue weighted by Gasteiger charge is 2.19. The fraction of sp³-hybridized carbons (Fsp3) is 0.333. The molecule has 0 bridgehead atoms. The maximum Gasteiger partial charge on any atom is 0.206 e. The number of carbonyl (C=O) groups is 1. The van der Waals surface area contributed by atoms with Crippen molar-refractivity contribution in [2.45, 2.75) is 0 Å². The second kappa shape index (κ2) is 10.7. The monoisotopic (exact) mass is 467 g/mol. The number of nitrogens with one attached hydrogen (secondary N) is 1. The van der Waals surface area contributed by atoms with Crippen LogP contribution in [0.3, 0.4) is 0 Å². The van der Waals surface area contributed by atoms with E-state index in [0.717, 1.165) is 45.0 Å². The second-order valence-electron chi connectivity index (χ2n) is 7.79. The number of nitrogens with zero attached hydrogens (tertiary/aromatic N) is 3. The average molecular weight is 468 g/mol. The van der Waals surface area contributed by atoms with E-state index in [2.05, 4.69) is 32.2 Å². The number of aromatic nitrogens is 1. The van der Waals surface area contributed by atoms with Crippen molar-refractivity contribution in [1.82, 2.24) is 9.88 Å². The van der Waals surface area contributed by atoms with E-state index in [9.17, 15) is 4.79 Å². The molecular formula is C24H29N5O3S.